The second-order valence-corrected chi connectivity index (χ2v) is 6.64. The number of urea groups is 1. The number of benzene rings is 1. The molecule has 0 spiro atoms. The summed E-state index contributed by atoms with van der Waals surface area (Å²) in [6.07, 6.45) is 2.02. The third-order valence-corrected chi connectivity index (χ3v) is 4.33. The minimum absolute atomic E-state index is 0.0358. The first-order valence-corrected chi connectivity index (χ1v) is 9.10. The summed E-state index contributed by atoms with van der Waals surface area (Å²) in [4.78, 5) is 47.8. The number of ether oxygens (including phenoxy) is 1. The number of rotatable bonds is 6. The molecule has 0 bridgehead atoms. The average Bonchev–Trinajstić information content (AvgIpc) is 2.65. The summed E-state index contributed by atoms with van der Waals surface area (Å²) >= 11 is 0. The van der Waals surface area contributed by atoms with Crippen LogP contribution in [0.1, 0.15) is 37.0 Å². The van der Waals surface area contributed by atoms with Crippen molar-refractivity contribution in [3.05, 3.63) is 33.9 Å². The van der Waals surface area contributed by atoms with Crippen molar-refractivity contribution in [3.63, 3.8) is 0 Å². The summed E-state index contributed by atoms with van der Waals surface area (Å²) in [6.45, 7) is 4.88. The number of nitrogens with one attached hydrogen (secondary N) is 2. The van der Waals surface area contributed by atoms with Crippen LogP contribution in [0.4, 0.5) is 16.2 Å². The minimum atomic E-state index is -0.882. The van der Waals surface area contributed by atoms with Crippen molar-refractivity contribution in [2.75, 3.05) is 31.1 Å². The SMILES string of the molecule is CCNC(=O)NC(=O)COC(=O)c1ccc(N2CCC[C@@H](C)C2)c([N+](=O)[O-])c1. The van der Waals surface area contributed by atoms with Crippen molar-refractivity contribution in [2.45, 2.75) is 26.7 Å². The van der Waals surface area contributed by atoms with E-state index >= 15 is 0 Å². The number of nitro benzene ring substituents is 1. The van der Waals surface area contributed by atoms with Crippen LogP contribution < -0.4 is 15.5 Å². The smallest absolute Gasteiger partial charge is 0.338 e. The standard InChI is InChI=1S/C18H24N4O6/c1-3-19-18(25)20-16(23)11-28-17(24)13-6-7-14(15(9-13)22(26)27)21-8-4-5-12(2)10-21/h6-7,9,12H,3-5,8,10-11H2,1-2H3,(H2,19,20,23,25)/t12-/m1/s1. The van der Waals surface area contributed by atoms with Gasteiger partial charge >= 0.3 is 12.0 Å². The van der Waals surface area contributed by atoms with E-state index in [2.05, 4.69) is 12.2 Å². The zero-order valence-electron chi connectivity index (χ0n) is 15.9. The predicted molar refractivity (Wildman–Crippen MR) is 101 cm³/mol. The van der Waals surface area contributed by atoms with Crippen LogP contribution in [0.25, 0.3) is 0 Å². The molecule has 1 aliphatic rings. The van der Waals surface area contributed by atoms with Crippen LogP contribution in [0.3, 0.4) is 0 Å². The van der Waals surface area contributed by atoms with Gasteiger partial charge in [-0.3, -0.25) is 20.2 Å². The first-order chi connectivity index (χ1) is 13.3. The first kappa shape index (κ1) is 21.1. The third kappa shape index (κ3) is 5.66. The van der Waals surface area contributed by atoms with Crippen LogP contribution in [0.5, 0.6) is 0 Å². The zero-order chi connectivity index (χ0) is 20.7. The molecular formula is C18H24N4O6. The summed E-state index contributed by atoms with van der Waals surface area (Å²) < 4.78 is 4.84. The van der Waals surface area contributed by atoms with Gasteiger partial charge < -0.3 is 15.0 Å². The Morgan fingerprint density at radius 2 is 2.11 bits per heavy atom. The molecule has 1 heterocycles. The Morgan fingerprint density at radius 1 is 1.36 bits per heavy atom. The summed E-state index contributed by atoms with van der Waals surface area (Å²) in [6, 6.07) is 3.42. The van der Waals surface area contributed by atoms with E-state index in [0.29, 0.717) is 24.7 Å². The largest absolute Gasteiger partial charge is 0.452 e. The van der Waals surface area contributed by atoms with E-state index in [9.17, 15) is 24.5 Å². The quantitative estimate of drug-likeness (QED) is 0.429. The normalized spacial score (nSPS) is 16.2. The highest BCUT2D eigenvalue weighted by atomic mass is 16.6. The van der Waals surface area contributed by atoms with Crippen molar-refractivity contribution >= 4 is 29.3 Å². The Bertz CT molecular complexity index is 766. The molecule has 0 saturated carbocycles. The molecule has 0 aliphatic carbocycles. The van der Waals surface area contributed by atoms with Crippen molar-refractivity contribution in [1.82, 2.24) is 10.6 Å². The number of esters is 1. The van der Waals surface area contributed by atoms with Crippen molar-refractivity contribution < 1.29 is 24.0 Å². The molecule has 0 radical (unpaired) electrons. The second kappa shape index (κ2) is 9.67. The average molecular weight is 392 g/mol. The maximum atomic E-state index is 12.1. The van der Waals surface area contributed by atoms with Crippen molar-refractivity contribution in [2.24, 2.45) is 5.92 Å². The summed E-state index contributed by atoms with van der Waals surface area (Å²) in [5, 5.41) is 15.8. The number of hydrogen-bond donors (Lipinski definition) is 2. The number of nitrogens with zero attached hydrogens (tertiary/aromatic N) is 2. The Kier molecular flexibility index (Phi) is 7.30. The summed E-state index contributed by atoms with van der Waals surface area (Å²) in [7, 11) is 0. The molecule has 3 amide bonds. The van der Waals surface area contributed by atoms with E-state index < -0.39 is 29.4 Å². The highest BCUT2D eigenvalue weighted by Gasteiger charge is 2.25. The fraction of sp³-hybridized carbons (Fsp3) is 0.500. The lowest BCUT2D eigenvalue weighted by atomic mass is 9.99. The van der Waals surface area contributed by atoms with Gasteiger partial charge in [0.05, 0.1) is 10.5 Å². The molecule has 1 fully saturated rings. The number of hydrogen-bond acceptors (Lipinski definition) is 7. The van der Waals surface area contributed by atoms with Crippen LogP contribution in [-0.4, -0.2) is 49.1 Å². The van der Waals surface area contributed by atoms with Crippen molar-refractivity contribution in [3.8, 4) is 0 Å². The lowest BCUT2D eigenvalue weighted by molar-refractivity contribution is -0.384. The number of imide groups is 1. The van der Waals surface area contributed by atoms with Crippen LogP contribution in [0.2, 0.25) is 0 Å². The van der Waals surface area contributed by atoms with Crippen LogP contribution >= 0.6 is 0 Å². The number of amides is 3. The second-order valence-electron chi connectivity index (χ2n) is 6.64. The Labute approximate surface area is 162 Å². The third-order valence-electron chi connectivity index (χ3n) is 4.33. The molecule has 1 aromatic rings. The minimum Gasteiger partial charge on any atom is -0.452 e. The van der Waals surface area contributed by atoms with Gasteiger partial charge in [0.1, 0.15) is 5.69 Å². The molecule has 1 aliphatic heterocycles. The monoisotopic (exact) mass is 392 g/mol. The lowest BCUT2D eigenvalue weighted by Crippen LogP contribution is -2.41. The van der Waals surface area contributed by atoms with Gasteiger partial charge in [0.15, 0.2) is 6.61 Å². The molecule has 28 heavy (non-hydrogen) atoms. The number of nitro groups is 1. The number of piperidine rings is 1. The zero-order valence-corrected chi connectivity index (χ0v) is 15.9. The lowest BCUT2D eigenvalue weighted by Gasteiger charge is -2.32. The summed E-state index contributed by atoms with van der Waals surface area (Å²) in [5.41, 5.74) is 0.240. The molecule has 2 N–H and O–H groups in total. The number of anilines is 1. The molecule has 152 valence electrons. The maximum Gasteiger partial charge on any atom is 0.338 e. The van der Waals surface area contributed by atoms with Gasteiger partial charge in [-0.1, -0.05) is 6.92 Å². The number of carbonyl (C=O) groups excluding carboxylic acids is 3. The van der Waals surface area contributed by atoms with Crippen LogP contribution in [0.15, 0.2) is 18.2 Å². The van der Waals surface area contributed by atoms with E-state index in [1.54, 1.807) is 6.92 Å². The van der Waals surface area contributed by atoms with E-state index in [-0.39, 0.29) is 11.3 Å². The first-order valence-electron chi connectivity index (χ1n) is 9.10. The van der Waals surface area contributed by atoms with Gasteiger partial charge in [0.25, 0.3) is 11.6 Å². The van der Waals surface area contributed by atoms with E-state index in [1.807, 2.05) is 10.2 Å². The molecular weight excluding hydrogens is 368 g/mol. The highest BCUT2D eigenvalue weighted by Crippen LogP contribution is 2.32. The van der Waals surface area contributed by atoms with E-state index in [0.717, 1.165) is 25.5 Å². The van der Waals surface area contributed by atoms with Gasteiger partial charge in [-0.15, -0.1) is 0 Å². The van der Waals surface area contributed by atoms with Gasteiger partial charge in [0.2, 0.25) is 0 Å². The molecule has 0 unspecified atom stereocenters. The van der Waals surface area contributed by atoms with Crippen molar-refractivity contribution in [1.29, 1.82) is 0 Å². The molecule has 0 aromatic heterocycles. The molecule has 10 nitrogen and oxygen atoms in total. The van der Waals surface area contributed by atoms with Gasteiger partial charge in [-0.25, -0.2) is 9.59 Å². The highest BCUT2D eigenvalue weighted by molar-refractivity contribution is 5.97. The molecule has 1 atom stereocenters. The molecule has 1 saturated heterocycles. The Morgan fingerprint density at radius 3 is 2.75 bits per heavy atom. The molecule has 10 heteroatoms. The van der Waals surface area contributed by atoms with Gasteiger partial charge in [-0.2, -0.15) is 0 Å². The Hall–Kier alpha value is -3.17. The van der Waals surface area contributed by atoms with Gasteiger partial charge in [0, 0.05) is 25.7 Å². The summed E-state index contributed by atoms with van der Waals surface area (Å²) in [5.74, 6) is -1.25. The Balaban J connectivity index is 2.06. The fourth-order valence-corrected chi connectivity index (χ4v) is 3.05. The van der Waals surface area contributed by atoms with Gasteiger partial charge in [-0.05, 0) is 37.8 Å². The number of carbonyl (C=O) groups is 3. The topological polar surface area (TPSA) is 131 Å². The molecule has 2 rings (SSSR count). The van der Waals surface area contributed by atoms with E-state index in [4.69, 9.17) is 4.74 Å². The van der Waals surface area contributed by atoms with E-state index in [1.165, 1.54) is 12.1 Å². The van der Waals surface area contributed by atoms with Crippen LogP contribution in [0, 0.1) is 16.0 Å². The predicted octanol–water partition coefficient (Wildman–Crippen LogP) is 1.83. The maximum absolute atomic E-state index is 12.1. The fourth-order valence-electron chi connectivity index (χ4n) is 3.05. The molecule has 1 aromatic carbocycles. The van der Waals surface area contributed by atoms with Crippen LogP contribution in [-0.2, 0) is 9.53 Å².